The largest absolute Gasteiger partial charge is 0.493 e. The van der Waals surface area contributed by atoms with Crippen LogP contribution in [0.3, 0.4) is 0 Å². The van der Waals surface area contributed by atoms with E-state index >= 15 is 0 Å². The zero-order valence-electron chi connectivity index (χ0n) is 15.5. The Hall–Kier alpha value is -3.39. The van der Waals surface area contributed by atoms with Crippen LogP contribution < -0.4 is 24.7 Å². The van der Waals surface area contributed by atoms with Crippen molar-refractivity contribution in [3.05, 3.63) is 52.6 Å². The summed E-state index contributed by atoms with van der Waals surface area (Å²) in [4.78, 5) is 22.8. The molecule has 2 aromatic carbocycles. The van der Waals surface area contributed by atoms with Crippen LogP contribution in [0.25, 0.3) is 6.08 Å². The maximum absolute atomic E-state index is 12.0. The summed E-state index contributed by atoms with van der Waals surface area (Å²) < 4.78 is 26.2. The van der Waals surface area contributed by atoms with Crippen molar-refractivity contribution in [2.24, 2.45) is 5.73 Å². The highest BCUT2D eigenvalue weighted by molar-refractivity contribution is 6.32. The Kier molecular flexibility index (Phi) is 6.46. The molecule has 0 radical (unpaired) electrons. The molecule has 2 aromatic rings. The van der Waals surface area contributed by atoms with Crippen LogP contribution in [0.15, 0.2) is 36.4 Å². The molecule has 0 aromatic heterocycles. The predicted octanol–water partition coefficient (Wildman–Crippen LogP) is 2.70. The van der Waals surface area contributed by atoms with Gasteiger partial charge in [0.1, 0.15) is 6.61 Å². The maximum Gasteiger partial charge on any atom is 0.331 e. The fourth-order valence-corrected chi connectivity index (χ4v) is 2.81. The van der Waals surface area contributed by atoms with Crippen LogP contribution in [0.5, 0.6) is 23.0 Å². The smallest absolute Gasteiger partial charge is 0.331 e. The number of halogens is 1. The molecule has 3 rings (SSSR count). The molecule has 1 aliphatic rings. The Morgan fingerprint density at radius 2 is 2.03 bits per heavy atom. The third-order valence-electron chi connectivity index (χ3n) is 3.84. The first-order valence-corrected chi connectivity index (χ1v) is 8.86. The number of rotatable bonds is 8. The monoisotopic (exact) mass is 419 g/mol. The van der Waals surface area contributed by atoms with E-state index in [4.69, 9.17) is 41.0 Å². The van der Waals surface area contributed by atoms with E-state index in [1.807, 2.05) is 0 Å². The molecule has 1 amide bonds. The molecular weight excluding hydrogens is 402 g/mol. The lowest BCUT2D eigenvalue weighted by Crippen LogP contribution is -2.20. The van der Waals surface area contributed by atoms with Crippen LogP contribution in [-0.2, 0) is 20.9 Å². The Balaban J connectivity index is 1.59. The predicted molar refractivity (Wildman–Crippen MR) is 104 cm³/mol. The number of methoxy groups -OCH3 is 1. The molecule has 0 saturated heterocycles. The Bertz CT molecular complexity index is 958. The van der Waals surface area contributed by atoms with Crippen molar-refractivity contribution in [2.75, 3.05) is 20.5 Å². The molecular formula is C20H18ClNO7. The minimum absolute atomic E-state index is 0.0305. The van der Waals surface area contributed by atoms with Crippen LogP contribution in [0.1, 0.15) is 11.1 Å². The maximum atomic E-state index is 12.0. The van der Waals surface area contributed by atoms with Gasteiger partial charge in [-0.05, 0) is 41.5 Å². The number of nitrogens with two attached hydrogens (primary N) is 1. The molecule has 0 saturated carbocycles. The first-order chi connectivity index (χ1) is 14.0. The van der Waals surface area contributed by atoms with Gasteiger partial charge in [0.15, 0.2) is 29.6 Å². The zero-order chi connectivity index (χ0) is 20.8. The third-order valence-corrected chi connectivity index (χ3v) is 4.12. The quantitative estimate of drug-likeness (QED) is 0.517. The molecule has 0 atom stereocenters. The van der Waals surface area contributed by atoms with Crippen molar-refractivity contribution < 1.29 is 33.3 Å². The first kappa shape index (κ1) is 20.3. The Labute approximate surface area is 171 Å². The average molecular weight is 420 g/mol. The summed E-state index contributed by atoms with van der Waals surface area (Å²) in [6.07, 6.45) is 2.85. The number of carbonyl (C=O) groups excluding carboxylic acids is 2. The molecule has 0 unspecified atom stereocenters. The molecule has 29 heavy (non-hydrogen) atoms. The summed E-state index contributed by atoms with van der Waals surface area (Å²) in [6.45, 7) is -0.124. The van der Waals surface area contributed by atoms with Crippen LogP contribution in [-0.4, -0.2) is 32.4 Å². The second-order valence-electron chi connectivity index (χ2n) is 5.92. The van der Waals surface area contributed by atoms with E-state index in [-0.39, 0.29) is 20.0 Å². The van der Waals surface area contributed by atoms with E-state index in [1.54, 1.807) is 36.4 Å². The van der Waals surface area contributed by atoms with Crippen LogP contribution >= 0.6 is 11.6 Å². The van der Waals surface area contributed by atoms with E-state index in [0.29, 0.717) is 39.1 Å². The Morgan fingerprint density at radius 1 is 1.21 bits per heavy atom. The zero-order valence-corrected chi connectivity index (χ0v) is 16.2. The number of hydrogen-bond acceptors (Lipinski definition) is 7. The van der Waals surface area contributed by atoms with E-state index < -0.39 is 11.9 Å². The lowest BCUT2D eigenvalue weighted by Gasteiger charge is -2.10. The van der Waals surface area contributed by atoms with E-state index in [0.717, 1.165) is 0 Å². The third kappa shape index (κ3) is 5.32. The van der Waals surface area contributed by atoms with Crippen molar-refractivity contribution in [1.29, 1.82) is 0 Å². The van der Waals surface area contributed by atoms with Crippen molar-refractivity contribution >= 4 is 29.6 Å². The molecule has 2 N–H and O–H groups in total. The number of fused-ring (bicyclic) bond motifs is 1. The summed E-state index contributed by atoms with van der Waals surface area (Å²) in [5.41, 5.74) is 6.42. The number of carbonyl (C=O) groups is 2. The van der Waals surface area contributed by atoms with Gasteiger partial charge in [-0.3, -0.25) is 4.79 Å². The lowest BCUT2D eigenvalue weighted by molar-refractivity contribution is -0.138. The van der Waals surface area contributed by atoms with Crippen molar-refractivity contribution in [3.8, 4) is 23.0 Å². The number of benzene rings is 2. The van der Waals surface area contributed by atoms with E-state index in [1.165, 1.54) is 13.2 Å². The summed E-state index contributed by atoms with van der Waals surface area (Å²) >= 11 is 6.11. The van der Waals surface area contributed by atoms with Gasteiger partial charge in [0, 0.05) is 6.08 Å². The van der Waals surface area contributed by atoms with Gasteiger partial charge in [-0.15, -0.1) is 0 Å². The minimum atomic E-state index is -0.595. The topological polar surface area (TPSA) is 106 Å². The summed E-state index contributed by atoms with van der Waals surface area (Å²) in [5.74, 6) is 0.639. The molecule has 9 heteroatoms. The van der Waals surface area contributed by atoms with Crippen LogP contribution in [0, 0.1) is 0 Å². The highest BCUT2D eigenvalue weighted by Crippen LogP contribution is 2.39. The van der Waals surface area contributed by atoms with Gasteiger partial charge >= 0.3 is 5.97 Å². The fraction of sp³-hybridized carbons (Fsp3) is 0.200. The van der Waals surface area contributed by atoms with Gasteiger partial charge < -0.3 is 29.4 Å². The minimum Gasteiger partial charge on any atom is -0.493 e. The van der Waals surface area contributed by atoms with Crippen molar-refractivity contribution in [3.63, 3.8) is 0 Å². The number of amides is 1. The second-order valence-corrected chi connectivity index (χ2v) is 6.32. The Morgan fingerprint density at radius 3 is 2.79 bits per heavy atom. The van der Waals surface area contributed by atoms with Gasteiger partial charge in [0.25, 0.3) is 5.91 Å². The highest BCUT2D eigenvalue weighted by Gasteiger charge is 2.18. The van der Waals surface area contributed by atoms with Gasteiger partial charge in [-0.25, -0.2) is 4.79 Å². The number of esters is 1. The molecule has 0 aliphatic carbocycles. The normalized spacial score (nSPS) is 12.1. The molecule has 0 spiro atoms. The summed E-state index contributed by atoms with van der Waals surface area (Å²) in [5, 5.41) is 0.396. The standard InChI is InChI=1S/C20H18ClNO7/c1-25-16-7-12(2-4-15(16)26-10-18(22)23)3-5-19(24)27-9-13-6-14(21)20-17(8-13)28-11-29-20/h2-8H,9-11H2,1H3,(H2,22,23)/b5-3+. The van der Waals surface area contributed by atoms with Gasteiger partial charge in [-0.1, -0.05) is 17.7 Å². The van der Waals surface area contributed by atoms with Crippen molar-refractivity contribution in [1.82, 2.24) is 0 Å². The number of ether oxygens (including phenoxy) is 5. The van der Waals surface area contributed by atoms with Crippen LogP contribution in [0.4, 0.5) is 0 Å². The first-order valence-electron chi connectivity index (χ1n) is 8.48. The SMILES string of the molecule is COc1cc(/C=C/C(=O)OCc2cc(Cl)c3c(c2)OCO3)ccc1OCC(N)=O. The van der Waals surface area contributed by atoms with E-state index in [2.05, 4.69) is 0 Å². The van der Waals surface area contributed by atoms with Gasteiger partial charge in [0.05, 0.1) is 12.1 Å². The van der Waals surface area contributed by atoms with Gasteiger partial charge in [-0.2, -0.15) is 0 Å². The number of hydrogen-bond donors (Lipinski definition) is 1. The fourth-order valence-electron chi connectivity index (χ4n) is 2.53. The summed E-state index contributed by atoms with van der Waals surface area (Å²) in [7, 11) is 1.46. The molecule has 1 heterocycles. The molecule has 0 fully saturated rings. The highest BCUT2D eigenvalue weighted by atomic mass is 35.5. The molecule has 152 valence electrons. The lowest BCUT2D eigenvalue weighted by atomic mass is 10.2. The average Bonchev–Trinajstić information content (AvgIpc) is 3.18. The molecule has 0 bridgehead atoms. The number of primary amides is 1. The second kappa shape index (κ2) is 9.20. The van der Waals surface area contributed by atoms with Crippen molar-refractivity contribution in [2.45, 2.75) is 6.61 Å². The molecule has 8 nitrogen and oxygen atoms in total. The van der Waals surface area contributed by atoms with Gasteiger partial charge in [0.2, 0.25) is 6.79 Å². The van der Waals surface area contributed by atoms with Crippen LogP contribution in [0.2, 0.25) is 5.02 Å². The molecule has 1 aliphatic heterocycles. The summed E-state index contributed by atoms with van der Waals surface area (Å²) in [6, 6.07) is 8.32. The van der Waals surface area contributed by atoms with E-state index in [9.17, 15) is 9.59 Å².